The summed E-state index contributed by atoms with van der Waals surface area (Å²) < 4.78 is 0. The molecule has 0 heterocycles. The second-order valence-electron chi connectivity index (χ2n) is 5.64. The Bertz CT molecular complexity index is 422. The second kappa shape index (κ2) is 5.42. The molecule has 1 aromatic carbocycles. The van der Waals surface area contributed by atoms with Gasteiger partial charge in [-0.3, -0.25) is 4.79 Å². The molecule has 1 saturated carbocycles. The highest BCUT2D eigenvalue weighted by atomic mass is 16.3. The standard InChI is InChI=1S/C15H21NO2/c1-15(7-2-3-8-15)11-16-14(18)10-12-5-4-6-13(17)9-12/h4-6,9,17H,2-3,7-8,10-11H2,1H3,(H,16,18). The van der Waals surface area contributed by atoms with Crippen LogP contribution in [0.25, 0.3) is 0 Å². The van der Waals surface area contributed by atoms with Crippen molar-refractivity contribution in [2.24, 2.45) is 5.41 Å². The van der Waals surface area contributed by atoms with Gasteiger partial charge in [-0.15, -0.1) is 0 Å². The van der Waals surface area contributed by atoms with Crippen molar-refractivity contribution in [3.8, 4) is 5.75 Å². The minimum Gasteiger partial charge on any atom is -0.508 e. The van der Waals surface area contributed by atoms with Crippen LogP contribution in [-0.4, -0.2) is 17.6 Å². The maximum Gasteiger partial charge on any atom is 0.224 e. The summed E-state index contributed by atoms with van der Waals surface area (Å²) in [7, 11) is 0. The lowest BCUT2D eigenvalue weighted by Crippen LogP contribution is -2.34. The van der Waals surface area contributed by atoms with Crippen molar-refractivity contribution in [2.75, 3.05) is 6.54 Å². The zero-order chi connectivity index (χ0) is 13.0. The first-order valence-electron chi connectivity index (χ1n) is 6.62. The Morgan fingerprint density at radius 1 is 1.39 bits per heavy atom. The smallest absolute Gasteiger partial charge is 0.224 e. The number of carbonyl (C=O) groups excluding carboxylic acids is 1. The van der Waals surface area contributed by atoms with Crippen LogP contribution in [0.3, 0.4) is 0 Å². The summed E-state index contributed by atoms with van der Waals surface area (Å²) in [5.41, 5.74) is 1.14. The number of phenolic OH excluding ortho intramolecular Hbond substituents is 1. The van der Waals surface area contributed by atoms with E-state index in [1.54, 1.807) is 18.2 Å². The average Bonchev–Trinajstić information content (AvgIpc) is 2.74. The van der Waals surface area contributed by atoms with Gasteiger partial charge in [0, 0.05) is 6.54 Å². The molecule has 1 amide bonds. The molecule has 0 spiro atoms. The largest absolute Gasteiger partial charge is 0.508 e. The molecule has 1 aliphatic carbocycles. The van der Waals surface area contributed by atoms with Crippen molar-refractivity contribution in [3.05, 3.63) is 29.8 Å². The third kappa shape index (κ3) is 3.49. The normalized spacial score (nSPS) is 17.6. The Hall–Kier alpha value is -1.51. The summed E-state index contributed by atoms with van der Waals surface area (Å²) in [6.45, 7) is 3.01. The van der Waals surface area contributed by atoms with Gasteiger partial charge < -0.3 is 10.4 Å². The molecule has 98 valence electrons. The molecule has 1 aromatic rings. The van der Waals surface area contributed by atoms with E-state index in [1.807, 2.05) is 6.07 Å². The van der Waals surface area contributed by atoms with E-state index in [0.29, 0.717) is 6.42 Å². The van der Waals surface area contributed by atoms with Gasteiger partial charge in [0.1, 0.15) is 5.75 Å². The highest BCUT2D eigenvalue weighted by Crippen LogP contribution is 2.36. The molecule has 3 nitrogen and oxygen atoms in total. The van der Waals surface area contributed by atoms with Gasteiger partial charge >= 0.3 is 0 Å². The van der Waals surface area contributed by atoms with Crippen molar-refractivity contribution in [1.29, 1.82) is 0 Å². The van der Waals surface area contributed by atoms with E-state index in [4.69, 9.17) is 0 Å². The summed E-state index contributed by atoms with van der Waals surface area (Å²) in [5.74, 6) is 0.247. The molecular weight excluding hydrogens is 226 g/mol. The molecule has 0 aliphatic heterocycles. The predicted octanol–water partition coefficient (Wildman–Crippen LogP) is 2.63. The number of hydrogen-bond acceptors (Lipinski definition) is 2. The minimum absolute atomic E-state index is 0.0359. The van der Waals surface area contributed by atoms with Gasteiger partial charge in [-0.1, -0.05) is 31.9 Å². The molecule has 1 aliphatic rings. The van der Waals surface area contributed by atoms with Crippen LogP contribution in [0.2, 0.25) is 0 Å². The van der Waals surface area contributed by atoms with Crippen LogP contribution in [0, 0.1) is 5.41 Å². The van der Waals surface area contributed by atoms with Crippen molar-refractivity contribution in [3.63, 3.8) is 0 Å². The molecule has 18 heavy (non-hydrogen) atoms. The van der Waals surface area contributed by atoms with Crippen LogP contribution in [-0.2, 0) is 11.2 Å². The highest BCUT2D eigenvalue weighted by Gasteiger charge is 2.28. The number of benzene rings is 1. The summed E-state index contributed by atoms with van der Waals surface area (Å²) in [6, 6.07) is 6.87. The molecule has 0 saturated heterocycles. The third-order valence-corrected chi connectivity index (χ3v) is 3.80. The van der Waals surface area contributed by atoms with Crippen LogP contribution in [0.15, 0.2) is 24.3 Å². The van der Waals surface area contributed by atoms with Gasteiger partial charge in [0.2, 0.25) is 5.91 Å². The monoisotopic (exact) mass is 247 g/mol. The topological polar surface area (TPSA) is 49.3 Å². The zero-order valence-corrected chi connectivity index (χ0v) is 10.9. The van der Waals surface area contributed by atoms with E-state index in [-0.39, 0.29) is 17.1 Å². The summed E-state index contributed by atoms with van der Waals surface area (Å²) in [4.78, 5) is 11.8. The maximum absolute atomic E-state index is 11.8. The van der Waals surface area contributed by atoms with Crippen LogP contribution < -0.4 is 5.32 Å². The molecule has 2 N–H and O–H groups in total. The molecule has 1 fully saturated rings. The lowest BCUT2D eigenvalue weighted by molar-refractivity contribution is -0.120. The SMILES string of the molecule is CC1(CNC(=O)Cc2cccc(O)c2)CCCC1. The molecule has 0 radical (unpaired) electrons. The van der Waals surface area contributed by atoms with E-state index in [9.17, 15) is 9.90 Å². The first-order chi connectivity index (χ1) is 8.57. The van der Waals surface area contributed by atoms with Crippen LogP contribution in [0.5, 0.6) is 5.75 Å². The van der Waals surface area contributed by atoms with Crippen molar-refractivity contribution >= 4 is 5.91 Å². The second-order valence-corrected chi connectivity index (χ2v) is 5.64. The average molecular weight is 247 g/mol. The van der Waals surface area contributed by atoms with Crippen LogP contribution >= 0.6 is 0 Å². The fraction of sp³-hybridized carbons (Fsp3) is 0.533. The maximum atomic E-state index is 11.8. The van der Waals surface area contributed by atoms with Gasteiger partial charge in [-0.2, -0.15) is 0 Å². The number of rotatable bonds is 4. The van der Waals surface area contributed by atoms with E-state index >= 15 is 0 Å². The Morgan fingerprint density at radius 2 is 2.11 bits per heavy atom. The molecular formula is C15H21NO2. The Kier molecular flexibility index (Phi) is 3.90. The summed E-state index contributed by atoms with van der Waals surface area (Å²) >= 11 is 0. The molecule has 3 heteroatoms. The number of nitrogens with one attached hydrogen (secondary N) is 1. The van der Waals surface area contributed by atoms with Crippen molar-refractivity contribution in [1.82, 2.24) is 5.32 Å². The van der Waals surface area contributed by atoms with Gasteiger partial charge in [0.25, 0.3) is 0 Å². The first kappa shape index (κ1) is 12.9. The van der Waals surface area contributed by atoms with Gasteiger partial charge in [0.15, 0.2) is 0 Å². The highest BCUT2D eigenvalue weighted by molar-refractivity contribution is 5.78. The fourth-order valence-electron chi connectivity index (χ4n) is 2.63. The van der Waals surface area contributed by atoms with E-state index in [0.717, 1.165) is 12.1 Å². The molecule has 0 atom stereocenters. The van der Waals surface area contributed by atoms with Gasteiger partial charge in [-0.25, -0.2) is 0 Å². The summed E-state index contributed by atoms with van der Waals surface area (Å²) in [6.07, 6.45) is 5.31. The number of hydrogen-bond donors (Lipinski definition) is 2. The number of aromatic hydroxyl groups is 1. The molecule has 0 unspecified atom stereocenters. The Labute approximate surface area is 108 Å². The zero-order valence-electron chi connectivity index (χ0n) is 10.9. The number of amides is 1. The van der Waals surface area contributed by atoms with Crippen molar-refractivity contribution in [2.45, 2.75) is 39.0 Å². The summed E-state index contributed by atoms with van der Waals surface area (Å²) in [5, 5.41) is 12.4. The van der Waals surface area contributed by atoms with Crippen LogP contribution in [0.1, 0.15) is 38.2 Å². The molecule has 2 rings (SSSR count). The van der Waals surface area contributed by atoms with Gasteiger partial charge in [-0.05, 0) is 36.0 Å². The third-order valence-electron chi connectivity index (χ3n) is 3.80. The minimum atomic E-state index is 0.0359. The van der Waals surface area contributed by atoms with Crippen LogP contribution in [0.4, 0.5) is 0 Å². The quantitative estimate of drug-likeness (QED) is 0.859. The van der Waals surface area contributed by atoms with Gasteiger partial charge in [0.05, 0.1) is 6.42 Å². The molecule has 0 bridgehead atoms. The number of carbonyl (C=O) groups is 1. The Morgan fingerprint density at radius 3 is 2.78 bits per heavy atom. The van der Waals surface area contributed by atoms with Crippen molar-refractivity contribution < 1.29 is 9.90 Å². The van der Waals surface area contributed by atoms with E-state index in [1.165, 1.54) is 25.7 Å². The van der Waals surface area contributed by atoms with E-state index < -0.39 is 0 Å². The number of phenols is 1. The fourth-order valence-corrected chi connectivity index (χ4v) is 2.63. The predicted molar refractivity (Wildman–Crippen MR) is 71.4 cm³/mol. The lowest BCUT2D eigenvalue weighted by atomic mass is 9.89. The molecule has 0 aromatic heterocycles. The van der Waals surface area contributed by atoms with E-state index in [2.05, 4.69) is 12.2 Å². The first-order valence-corrected chi connectivity index (χ1v) is 6.62. The Balaban J connectivity index is 1.82. The lowest BCUT2D eigenvalue weighted by Gasteiger charge is -2.23.